The molecule has 0 aromatic rings. The Morgan fingerprint density at radius 1 is 1.53 bits per heavy atom. The minimum Gasteiger partial charge on any atom is -0.480 e. The first kappa shape index (κ1) is 16.0. The van der Waals surface area contributed by atoms with Crippen molar-refractivity contribution < 1.29 is 33.3 Å². The van der Waals surface area contributed by atoms with Gasteiger partial charge in [0, 0.05) is 36.0 Å². The number of carboxylic acids is 1. The Morgan fingerprint density at radius 2 is 2.26 bits per heavy atom. The Bertz CT molecular complexity index is 365. The third-order valence-corrected chi connectivity index (χ3v) is 6.91. The van der Waals surface area contributed by atoms with Gasteiger partial charge in [-0.2, -0.15) is 0 Å². The van der Waals surface area contributed by atoms with Crippen molar-refractivity contribution in [2.45, 2.75) is 10.4 Å². The minimum atomic E-state index is -0.736. The van der Waals surface area contributed by atoms with E-state index in [-0.39, 0.29) is 28.9 Å². The molecule has 3 aliphatic rings. The molecule has 3 heterocycles. The maximum absolute atomic E-state index is 11.2. The number of aliphatic carboxylic acids is 1. The van der Waals surface area contributed by atoms with Crippen LogP contribution in [0.15, 0.2) is 0 Å². The van der Waals surface area contributed by atoms with Crippen LogP contribution in [0.1, 0.15) is 0 Å². The van der Waals surface area contributed by atoms with Gasteiger partial charge >= 0.3 is 5.97 Å². The predicted octanol–water partition coefficient (Wildman–Crippen LogP) is 0.0461. The van der Waals surface area contributed by atoms with Crippen molar-refractivity contribution in [1.82, 2.24) is 15.3 Å². The number of carboxylic acid groups (broad SMARTS) is 1. The van der Waals surface area contributed by atoms with Crippen LogP contribution in [0.2, 0.25) is 0 Å². The van der Waals surface area contributed by atoms with Gasteiger partial charge in [-0.3, -0.25) is 16.7 Å². The second kappa shape index (κ2) is 6.15. The van der Waals surface area contributed by atoms with Gasteiger partial charge in [0.15, 0.2) is 4.33 Å². The molecule has 9 heteroatoms. The predicted molar refractivity (Wildman–Crippen MR) is 70.4 cm³/mol. The van der Waals surface area contributed by atoms with Crippen LogP contribution < -0.4 is 5.32 Å². The maximum Gasteiger partial charge on any atom is 0.321 e. The molecule has 0 bridgehead atoms. The number of nitrogens with zero attached hydrogens (tertiary/aromatic N) is 2. The Kier molecular flexibility index (Phi) is 5.17. The molecule has 0 aromatic heterocycles. The first-order valence-electron chi connectivity index (χ1n) is 5.85. The SMILES string of the molecule is [CH2-]NCC1CON2CN3C(C(=O)O)CSC23SC1.[V]. The number of rotatable bonds is 3. The molecular weight excluding hydrogens is 325 g/mol. The number of hydrogen-bond donors (Lipinski definition) is 2. The summed E-state index contributed by atoms with van der Waals surface area (Å²) in [6, 6.07) is -0.384. The average molecular weight is 341 g/mol. The first-order chi connectivity index (χ1) is 8.67. The van der Waals surface area contributed by atoms with Gasteiger partial charge in [-0.25, -0.2) is 4.90 Å². The van der Waals surface area contributed by atoms with E-state index in [1.165, 1.54) is 0 Å². The summed E-state index contributed by atoms with van der Waals surface area (Å²) in [5, 5.41) is 14.0. The summed E-state index contributed by atoms with van der Waals surface area (Å²) in [5.74, 6) is 1.26. The molecule has 3 saturated heterocycles. The second-order valence-corrected chi connectivity index (χ2v) is 7.27. The number of hydrogen-bond acceptors (Lipinski definition) is 7. The third kappa shape index (κ3) is 2.57. The molecule has 0 amide bonds. The molecule has 1 spiro atoms. The van der Waals surface area contributed by atoms with E-state index in [1.54, 1.807) is 23.5 Å². The summed E-state index contributed by atoms with van der Waals surface area (Å²) in [4.78, 5) is 19.0. The smallest absolute Gasteiger partial charge is 0.321 e. The van der Waals surface area contributed by atoms with Gasteiger partial charge in [-0.05, 0) is 6.54 Å². The zero-order valence-corrected chi connectivity index (χ0v) is 13.3. The van der Waals surface area contributed by atoms with Crippen LogP contribution in [0.25, 0.3) is 0 Å². The Labute approximate surface area is 132 Å². The Hall–Kier alpha value is 0.594. The van der Waals surface area contributed by atoms with Gasteiger partial charge in [0.05, 0.1) is 13.3 Å². The van der Waals surface area contributed by atoms with Crippen LogP contribution in [0.3, 0.4) is 0 Å². The molecule has 0 aliphatic carbocycles. The zero-order valence-electron chi connectivity index (χ0n) is 10.3. The Balaban J connectivity index is 0.00000133. The van der Waals surface area contributed by atoms with E-state index in [2.05, 4.69) is 12.4 Å². The van der Waals surface area contributed by atoms with Crippen LogP contribution in [-0.4, -0.2) is 62.7 Å². The number of thioether (sulfide) groups is 2. The van der Waals surface area contributed by atoms with Crippen molar-refractivity contribution in [1.29, 1.82) is 0 Å². The third-order valence-electron chi connectivity index (χ3n) is 3.46. The molecule has 0 aromatic carbocycles. The topological polar surface area (TPSA) is 65.0 Å². The molecule has 19 heavy (non-hydrogen) atoms. The molecular formula is C10H16N3O3S2V-. The van der Waals surface area contributed by atoms with Crippen LogP contribution >= 0.6 is 23.5 Å². The molecule has 3 aliphatic heterocycles. The molecule has 2 N–H and O–H groups in total. The first-order valence-corrected chi connectivity index (χ1v) is 7.82. The van der Waals surface area contributed by atoms with E-state index >= 15 is 0 Å². The molecule has 6 nitrogen and oxygen atoms in total. The van der Waals surface area contributed by atoms with Gasteiger partial charge < -0.3 is 10.4 Å². The van der Waals surface area contributed by atoms with Crippen LogP contribution in [0.5, 0.6) is 0 Å². The summed E-state index contributed by atoms with van der Waals surface area (Å²) in [5.41, 5.74) is 0. The summed E-state index contributed by atoms with van der Waals surface area (Å²) >= 11 is 3.45. The number of hydroxylamine groups is 2. The van der Waals surface area contributed by atoms with Gasteiger partial charge in [0.2, 0.25) is 0 Å². The van der Waals surface area contributed by atoms with E-state index in [4.69, 9.17) is 4.84 Å². The molecule has 3 fully saturated rings. The van der Waals surface area contributed by atoms with E-state index in [9.17, 15) is 9.90 Å². The standard InChI is InChI=1S/C10H16N3O3S2.V/c1-11-2-7-3-16-13-6-12-8(9(14)15)5-18-10(12,13)17-4-7;/h7-8,11H,1-6H2,(H,14,15);/q-1;. The van der Waals surface area contributed by atoms with Gasteiger partial charge in [-0.1, -0.05) is 0 Å². The van der Waals surface area contributed by atoms with Crippen molar-refractivity contribution in [2.75, 3.05) is 31.3 Å². The van der Waals surface area contributed by atoms with Crippen molar-refractivity contribution in [2.24, 2.45) is 5.92 Å². The van der Waals surface area contributed by atoms with E-state index in [0.717, 1.165) is 12.3 Å². The maximum atomic E-state index is 11.2. The zero-order chi connectivity index (χ0) is 12.8. The minimum absolute atomic E-state index is 0. The van der Waals surface area contributed by atoms with Crippen LogP contribution in [-0.2, 0) is 28.2 Å². The molecule has 3 unspecified atom stereocenters. The number of nitrogens with one attached hydrogen (secondary N) is 1. The quantitative estimate of drug-likeness (QED) is 0.698. The van der Waals surface area contributed by atoms with Crippen molar-refractivity contribution in [3.05, 3.63) is 7.05 Å². The van der Waals surface area contributed by atoms with Crippen LogP contribution in [0, 0.1) is 13.0 Å². The largest absolute Gasteiger partial charge is 0.480 e. The van der Waals surface area contributed by atoms with E-state index in [0.29, 0.717) is 24.9 Å². The van der Waals surface area contributed by atoms with Gasteiger partial charge in [-0.15, -0.1) is 28.6 Å². The summed E-state index contributed by atoms with van der Waals surface area (Å²) in [6.45, 7) is 2.08. The molecule has 3 rings (SSSR count). The van der Waals surface area contributed by atoms with Crippen molar-refractivity contribution in [3.8, 4) is 0 Å². The van der Waals surface area contributed by atoms with E-state index in [1.807, 2.05) is 9.96 Å². The van der Waals surface area contributed by atoms with Crippen LogP contribution in [0.4, 0.5) is 0 Å². The monoisotopic (exact) mass is 341 g/mol. The Morgan fingerprint density at radius 3 is 2.95 bits per heavy atom. The molecule has 1 radical (unpaired) electrons. The van der Waals surface area contributed by atoms with Crippen molar-refractivity contribution in [3.63, 3.8) is 0 Å². The normalized spacial score (nSPS) is 38.6. The summed E-state index contributed by atoms with van der Waals surface area (Å²) in [6.07, 6.45) is 0. The molecule has 3 atom stereocenters. The van der Waals surface area contributed by atoms with Gasteiger partial charge in [0.25, 0.3) is 0 Å². The van der Waals surface area contributed by atoms with Crippen molar-refractivity contribution >= 4 is 29.5 Å². The fourth-order valence-electron chi connectivity index (χ4n) is 2.43. The van der Waals surface area contributed by atoms with E-state index < -0.39 is 5.97 Å². The van der Waals surface area contributed by atoms with Gasteiger partial charge in [0.1, 0.15) is 6.04 Å². The number of carbonyl (C=O) groups is 1. The molecule has 0 saturated carbocycles. The second-order valence-electron chi connectivity index (χ2n) is 4.63. The fourth-order valence-corrected chi connectivity index (χ4v) is 5.74. The average Bonchev–Trinajstić information content (AvgIpc) is 2.52. The summed E-state index contributed by atoms with van der Waals surface area (Å²) < 4.78 is -0.307. The fraction of sp³-hybridized carbons (Fsp3) is 0.800. The summed E-state index contributed by atoms with van der Waals surface area (Å²) in [7, 11) is 3.64. The molecule has 107 valence electrons.